The Morgan fingerprint density at radius 3 is 2.11 bits per heavy atom. The molecule has 3 aromatic rings. The summed E-state index contributed by atoms with van der Waals surface area (Å²) in [6, 6.07) is 20.2. The van der Waals surface area contributed by atoms with Crippen molar-refractivity contribution in [3.63, 3.8) is 0 Å². The van der Waals surface area contributed by atoms with Crippen LogP contribution < -0.4 is 10.0 Å². The molecule has 142 valence electrons. The molecule has 3 aromatic carbocycles. The van der Waals surface area contributed by atoms with Crippen LogP contribution in [-0.2, 0) is 14.8 Å². The van der Waals surface area contributed by atoms with Gasteiger partial charge in [-0.1, -0.05) is 42.5 Å². The summed E-state index contributed by atoms with van der Waals surface area (Å²) >= 11 is 0. The van der Waals surface area contributed by atoms with Gasteiger partial charge in [0.1, 0.15) is 5.82 Å². The number of hydrogen-bond donors (Lipinski definition) is 2. The molecule has 0 spiro atoms. The highest BCUT2D eigenvalue weighted by molar-refractivity contribution is 7.92. The summed E-state index contributed by atoms with van der Waals surface area (Å²) in [5.74, 6) is -0.936. The van der Waals surface area contributed by atoms with E-state index in [0.29, 0.717) is 5.69 Å². The zero-order chi connectivity index (χ0) is 20.0. The molecular weight excluding hydrogens is 379 g/mol. The zero-order valence-electron chi connectivity index (χ0n) is 14.7. The van der Waals surface area contributed by atoms with E-state index in [1.165, 1.54) is 24.3 Å². The van der Waals surface area contributed by atoms with Gasteiger partial charge in [0, 0.05) is 6.08 Å². The molecule has 0 atom stereocenters. The zero-order valence-corrected chi connectivity index (χ0v) is 15.5. The summed E-state index contributed by atoms with van der Waals surface area (Å²) in [5.41, 5.74) is 1.37. The third-order valence-electron chi connectivity index (χ3n) is 3.78. The monoisotopic (exact) mass is 396 g/mol. The molecule has 5 nitrogen and oxygen atoms in total. The minimum Gasteiger partial charge on any atom is -0.321 e. The Labute approximate surface area is 162 Å². The molecule has 3 rings (SSSR count). The van der Waals surface area contributed by atoms with Gasteiger partial charge in [0.05, 0.1) is 16.3 Å². The number of para-hydroxylation sites is 2. The number of amides is 1. The molecule has 0 bridgehead atoms. The van der Waals surface area contributed by atoms with E-state index in [1.807, 2.05) is 30.3 Å². The van der Waals surface area contributed by atoms with Crippen LogP contribution in [0.4, 0.5) is 15.8 Å². The number of halogens is 1. The first kappa shape index (κ1) is 19.3. The molecule has 0 fully saturated rings. The van der Waals surface area contributed by atoms with Crippen molar-refractivity contribution in [1.82, 2.24) is 0 Å². The van der Waals surface area contributed by atoms with Gasteiger partial charge in [-0.15, -0.1) is 0 Å². The number of benzene rings is 3. The van der Waals surface area contributed by atoms with Gasteiger partial charge in [-0.25, -0.2) is 12.8 Å². The molecule has 0 saturated carbocycles. The summed E-state index contributed by atoms with van der Waals surface area (Å²) < 4.78 is 40.5. The van der Waals surface area contributed by atoms with Crippen LogP contribution in [0.1, 0.15) is 5.56 Å². The maximum Gasteiger partial charge on any atom is 0.261 e. The fraction of sp³-hybridized carbons (Fsp3) is 0. The predicted octanol–water partition coefficient (Wildman–Crippen LogP) is 4.28. The fourth-order valence-corrected chi connectivity index (χ4v) is 3.49. The van der Waals surface area contributed by atoms with Crippen LogP contribution in [0.3, 0.4) is 0 Å². The van der Waals surface area contributed by atoms with Crippen molar-refractivity contribution in [2.24, 2.45) is 0 Å². The van der Waals surface area contributed by atoms with Crippen LogP contribution in [0, 0.1) is 5.82 Å². The molecule has 0 radical (unpaired) electrons. The van der Waals surface area contributed by atoms with Crippen LogP contribution in [-0.4, -0.2) is 14.3 Å². The van der Waals surface area contributed by atoms with Gasteiger partial charge in [0.2, 0.25) is 5.91 Å². The van der Waals surface area contributed by atoms with E-state index >= 15 is 0 Å². The maximum absolute atomic E-state index is 13.0. The van der Waals surface area contributed by atoms with E-state index in [4.69, 9.17) is 0 Å². The molecule has 0 aliphatic carbocycles. The second-order valence-corrected chi connectivity index (χ2v) is 7.52. The number of carbonyl (C=O) groups excluding carboxylic acids is 1. The fourth-order valence-electron chi connectivity index (χ4n) is 2.41. The van der Waals surface area contributed by atoms with Crippen molar-refractivity contribution < 1.29 is 17.6 Å². The van der Waals surface area contributed by atoms with Gasteiger partial charge >= 0.3 is 0 Å². The molecular formula is C21H17FN2O3S. The minimum absolute atomic E-state index is 0.0843. The van der Waals surface area contributed by atoms with Gasteiger partial charge in [-0.3, -0.25) is 9.52 Å². The third kappa shape index (κ3) is 5.05. The average molecular weight is 396 g/mol. The summed E-state index contributed by atoms with van der Waals surface area (Å²) in [6.07, 6.45) is 3.02. The van der Waals surface area contributed by atoms with E-state index in [9.17, 15) is 17.6 Å². The lowest BCUT2D eigenvalue weighted by molar-refractivity contribution is -0.111. The quantitative estimate of drug-likeness (QED) is 0.611. The Bertz CT molecular complexity index is 1100. The van der Waals surface area contributed by atoms with Crippen molar-refractivity contribution >= 4 is 33.4 Å². The van der Waals surface area contributed by atoms with Crippen LogP contribution in [0.5, 0.6) is 0 Å². The van der Waals surface area contributed by atoms with E-state index in [1.54, 1.807) is 24.3 Å². The second kappa shape index (κ2) is 8.49. The van der Waals surface area contributed by atoms with E-state index in [0.717, 1.165) is 17.7 Å². The predicted molar refractivity (Wildman–Crippen MR) is 108 cm³/mol. The van der Waals surface area contributed by atoms with Crippen molar-refractivity contribution in [1.29, 1.82) is 0 Å². The lowest BCUT2D eigenvalue weighted by Crippen LogP contribution is -2.16. The molecule has 7 heteroatoms. The Morgan fingerprint density at radius 1 is 0.821 bits per heavy atom. The second-order valence-electron chi connectivity index (χ2n) is 5.84. The van der Waals surface area contributed by atoms with Gasteiger partial charge in [-0.2, -0.15) is 0 Å². The molecule has 0 aliphatic heterocycles. The van der Waals surface area contributed by atoms with Gasteiger partial charge in [0.15, 0.2) is 0 Å². The van der Waals surface area contributed by atoms with Crippen molar-refractivity contribution in [3.05, 3.63) is 96.3 Å². The highest BCUT2D eigenvalue weighted by atomic mass is 32.2. The van der Waals surface area contributed by atoms with Crippen LogP contribution >= 0.6 is 0 Å². The summed E-state index contributed by atoms with van der Waals surface area (Å²) in [7, 11) is -3.93. The largest absolute Gasteiger partial charge is 0.321 e. The lowest BCUT2D eigenvalue weighted by atomic mass is 10.2. The van der Waals surface area contributed by atoms with Crippen LogP contribution in [0.15, 0.2) is 89.8 Å². The maximum atomic E-state index is 13.0. The van der Waals surface area contributed by atoms with E-state index in [-0.39, 0.29) is 10.6 Å². The van der Waals surface area contributed by atoms with Crippen LogP contribution in [0.2, 0.25) is 0 Å². The Balaban J connectivity index is 1.76. The summed E-state index contributed by atoms with van der Waals surface area (Å²) in [5, 5.41) is 2.65. The number of sulfonamides is 1. The molecule has 1 amide bonds. The number of anilines is 2. The van der Waals surface area contributed by atoms with E-state index < -0.39 is 21.7 Å². The first-order valence-electron chi connectivity index (χ1n) is 8.35. The molecule has 0 saturated heterocycles. The molecule has 0 aromatic heterocycles. The lowest BCUT2D eigenvalue weighted by Gasteiger charge is -2.13. The first-order chi connectivity index (χ1) is 13.4. The minimum atomic E-state index is -3.93. The number of carbonyl (C=O) groups is 1. The number of nitrogens with one attached hydrogen (secondary N) is 2. The normalized spacial score (nSPS) is 11.3. The Kier molecular flexibility index (Phi) is 5.86. The third-order valence-corrected chi connectivity index (χ3v) is 5.16. The van der Waals surface area contributed by atoms with Gasteiger partial charge in [0.25, 0.3) is 10.0 Å². The summed E-state index contributed by atoms with van der Waals surface area (Å²) in [6.45, 7) is 0. The Morgan fingerprint density at radius 2 is 1.43 bits per heavy atom. The average Bonchev–Trinajstić information content (AvgIpc) is 2.69. The highest BCUT2D eigenvalue weighted by Gasteiger charge is 2.16. The molecule has 0 unspecified atom stereocenters. The molecule has 2 N–H and O–H groups in total. The van der Waals surface area contributed by atoms with Gasteiger partial charge in [-0.05, 0) is 48.0 Å². The first-order valence-corrected chi connectivity index (χ1v) is 9.84. The SMILES string of the molecule is O=C(/C=C/c1ccccc1)Nc1ccccc1NS(=O)(=O)c1ccc(F)cc1. The van der Waals surface area contributed by atoms with Crippen molar-refractivity contribution in [3.8, 4) is 0 Å². The van der Waals surface area contributed by atoms with Gasteiger partial charge < -0.3 is 5.32 Å². The van der Waals surface area contributed by atoms with Crippen molar-refractivity contribution in [2.75, 3.05) is 10.0 Å². The number of rotatable bonds is 6. The van der Waals surface area contributed by atoms with Crippen molar-refractivity contribution in [2.45, 2.75) is 4.90 Å². The summed E-state index contributed by atoms with van der Waals surface area (Å²) in [4.78, 5) is 12.1. The highest BCUT2D eigenvalue weighted by Crippen LogP contribution is 2.24. The molecule has 0 aliphatic rings. The van der Waals surface area contributed by atoms with E-state index in [2.05, 4.69) is 10.0 Å². The molecule has 28 heavy (non-hydrogen) atoms. The Hall–Kier alpha value is -3.45. The topological polar surface area (TPSA) is 75.3 Å². The number of hydrogen-bond acceptors (Lipinski definition) is 3. The van der Waals surface area contributed by atoms with Crippen LogP contribution in [0.25, 0.3) is 6.08 Å². The standard InChI is InChI=1S/C21H17FN2O3S/c22-17-11-13-18(14-12-17)28(26,27)24-20-9-5-4-8-19(20)23-21(25)15-10-16-6-2-1-3-7-16/h1-15,24H,(H,23,25)/b15-10+. The smallest absolute Gasteiger partial charge is 0.261 e. The molecule has 0 heterocycles.